The summed E-state index contributed by atoms with van der Waals surface area (Å²) in [5, 5.41) is 7.15. The average Bonchev–Trinajstić information content (AvgIpc) is 3.00. The summed E-state index contributed by atoms with van der Waals surface area (Å²) in [6.45, 7) is 0.611. The second-order valence-corrected chi connectivity index (χ2v) is 5.84. The Morgan fingerprint density at radius 3 is 2.61 bits per heavy atom. The molecule has 0 radical (unpaired) electrons. The minimum Gasteiger partial charge on any atom is -0.356 e. The van der Waals surface area contributed by atoms with Crippen LogP contribution in [-0.4, -0.2) is 24.9 Å². The molecule has 0 fully saturated rings. The molecule has 1 heterocycles. The molecule has 4 nitrogen and oxygen atoms in total. The van der Waals surface area contributed by atoms with Gasteiger partial charge in [-0.1, -0.05) is 6.07 Å². The number of rotatable bonds is 7. The fourth-order valence-corrected chi connectivity index (χ4v) is 2.64. The zero-order chi connectivity index (χ0) is 16.7. The lowest BCUT2D eigenvalue weighted by Gasteiger charge is -2.07. The van der Waals surface area contributed by atoms with Gasteiger partial charge in [0.05, 0.1) is 5.56 Å². The lowest BCUT2D eigenvalue weighted by Crippen LogP contribution is -2.32. The molecule has 1 aromatic carbocycles. The van der Waals surface area contributed by atoms with E-state index in [-0.39, 0.29) is 24.4 Å². The van der Waals surface area contributed by atoms with Gasteiger partial charge in [0, 0.05) is 30.5 Å². The van der Waals surface area contributed by atoms with Crippen LogP contribution in [0.2, 0.25) is 0 Å². The van der Waals surface area contributed by atoms with Crippen molar-refractivity contribution in [2.45, 2.75) is 12.8 Å². The Labute approximate surface area is 136 Å². The fraction of sp³-hybridized carbons (Fsp3) is 0.250. The smallest absolute Gasteiger partial charge is 0.254 e. The lowest BCUT2D eigenvalue weighted by atomic mass is 10.2. The number of benzene rings is 1. The average molecular weight is 338 g/mol. The molecule has 122 valence electrons. The number of carbonyl (C=O) groups is 2. The molecule has 0 aliphatic rings. The van der Waals surface area contributed by atoms with E-state index >= 15 is 0 Å². The van der Waals surface area contributed by atoms with Crippen molar-refractivity contribution in [2.24, 2.45) is 0 Å². The third-order valence-electron chi connectivity index (χ3n) is 3.09. The number of amides is 2. The maximum atomic E-state index is 13.4. The van der Waals surface area contributed by atoms with Crippen LogP contribution in [0.25, 0.3) is 0 Å². The van der Waals surface area contributed by atoms with Crippen LogP contribution in [0.1, 0.15) is 21.7 Å². The molecule has 2 amide bonds. The first-order valence-electron chi connectivity index (χ1n) is 7.08. The minimum atomic E-state index is -0.928. The van der Waals surface area contributed by atoms with Crippen molar-refractivity contribution in [1.29, 1.82) is 0 Å². The summed E-state index contributed by atoms with van der Waals surface area (Å²) in [7, 11) is 0. The molecule has 0 unspecified atom stereocenters. The van der Waals surface area contributed by atoms with Gasteiger partial charge in [-0.05, 0) is 30.0 Å². The first kappa shape index (κ1) is 17.1. The number of hydrogen-bond acceptors (Lipinski definition) is 3. The second kappa shape index (κ2) is 8.38. The highest BCUT2D eigenvalue weighted by Crippen LogP contribution is 2.09. The third kappa shape index (κ3) is 5.45. The number of thiophene rings is 1. The lowest BCUT2D eigenvalue weighted by molar-refractivity contribution is -0.120. The number of nitrogens with one attached hydrogen (secondary N) is 2. The number of carbonyl (C=O) groups excluding carboxylic acids is 2. The Balaban J connectivity index is 1.67. The summed E-state index contributed by atoms with van der Waals surface area (Å²) < 4.78 is 26.2. The molecule has 0 saturated carbocycles. The molecule has 0 aliphatic heterocycles. The SMILES string of the molecule is O=C(CCNC(=O)c1ccc(F)cc1F)NCCc1cccs1. The van der Waals surface area contributed by atoms with Crippen molar-refractivity contribution in [3.05, 3.63) is 57.8 Å². The van der Waals surface area contributed by atoms with Crippen molar-refractivity contribution < 1.29 is 18.4 Å². The summed E-state index contributed by atoms with van der Waals surface area (Å²) in [6.07, 6.45) is 0.857. The van der Waals surface area contributed by atoms with E-state index in [1.807, 2.05) is 17.5 Å². The summed E-state index contributed by atoms with van der Waals surface area (Å²) in [5.41, 5.74) is -0.246. The third-order valence-corrected chi connectivity index (χ3v) is 4.02. The quantitative estimate of drug-likeness (QED) is 0.815. The van der Waals surface area contributed by atoms with Crippen molar-refractivity contribution in [3.8, 4) is 0 Å². The van der Waals surface area contributed by atoms with Crippen LogP contribution in [0.15, 0.2) is 35.7 Å². The summed E-state index contributed by atoms with van der Waals surface area (Å²) >= 11 is 1.63. The van der Waals surface area contributed by atoms with Crippen LogP contribution < -0.4 is 10.6 Å². The van der Waals surface area contributed by atoms with E-state index in [0.29, 0.717) is 12.6 Å². The fourth-order valence-electron chi connectivity index (χ4n) is 1.93. The summed E-state index contributed by atoms with van der Waals surface area (Å²) in [4.78, 5) is 24.5. The Morgan fingerprint density at radius 2 is 1.91 bits per heavy atom. The molecule has 23 heavy (non-hydrogen) atoms. The van der Waals surface area contributed by atoms with Gasteiger partial charge in [-0.25, -0.2) is 8.78 Å². The first-order valence-corrected chi connectivity index (χ1v) is 7.96. The molecule has 0 spiro atoms. The minimum absolute atomic E-state index is 0.0838. The van der Waals surface area contributed by atoms with Crippen molar-refractivity contribution in [3.63, 3.8) is 0 Å². The molecular weight excluding hydrogens is 322 g/mol. The van der Waals surface area contributed by atoms with Crippen molar-refractivity contribution in [1.82, 2.24) is 10.6 Å². The second-order valence-electron chi connectivity index (χ2n) is 4.81. The summed E-state index contributed by atoms with van der Waals surface area (Å²) in [5.74, 6) is -2.54. The highest BCUT2D eigenvalue weighted by atomic mass is 32.1. The zero-order valence-corrected chi connectivity index (χ0v) is 13.1. The first-order chi connectivity index (χ1) is 11.1. The van der Waals surface area contributed by atoms with Gasteiger partial charge in [0.2, 0.25) is 5.91 Å². The molecular formula is C16H16F2N2O2S. The van der Waals surface area contributed by atoms with Crippen molar-refractivity contribution >= 4 is 23.2 Å². The molecule has 0 bridgehead atoms. The normalized spacial score (nSPS) is 10.3. The van der Waals surface area contributed by atoms with Crippen LogP contribution in [0.4, 0.5) is 8.78 Å². The molecule has 2 N–H and O–H groups in total. The van der Waals surface area contributed by atoms with Gasteiger partial charge in [-0.15, -0.1) is 11.3 Å². The topological polar surface area (TPSA) is 58.2 Å². The van der Waals surface area contributed by atoms with E-state index in [4.69, 9.17) is 0 Å². The van der Waals surface area contributed by atoms with Gasteiger partial charge < -0.3 is 10.6 Å². The van der Waals surface area contributed by atoms with E-state index in [0.717, 1.165) is 18.6 Å². The largest absolute Gasteiger partial charge is 0.356 e. The maximum Gasteiger partial charge on any atom is 0.254 e. The van der Waals surface area contributed by atoms with Crippen LogP contribution in [-0.2, 0) is 11.2 Å². The van der Waals surface area contributed by atoms with Gasteiger partial charge in [0.25, 0.3) is 5.91 Å². The molecule has 0 saturated heterocycles. The molecule has 7 heteroatoms. The summed E-state index contributed by atoms with van der Waals surface area (Å²) in [6, 6.07) is 6.67. The number of halogens is 2. The van der Waals surface area contributed by atoms with E-state index in [1.165, 1.54) is 4.88 Å². The predicted molar refractivity (Wildman–Crippen MR) is 84.3 cm³/mol. The van der Waals surface area contributed by atoms with Crippen LogP contribution in [0, 0.1) is 11.6 Å². The van der Waals surface area contributed by atoms with Gasteiger partial charge in [-0.3, -0.25) is 9.59 Å². The standard InChI is InChI=1S/C16H16F2N2O2S/c17-11-3-4-13(14(18)10-11)16(22)20-8-6-15(21)19-7-5-12-2-1-9-23-12/h1-4,9-10H,5-8H2,(H,19,21)(H,20,22). The Morgan fingerprint density at radius 1 is 1.09 bits per heavy atom. The van der Waals surface area contributed by atoms with Crippen LogP contribution >= 0.6 is 11.3 Å². The van der Waals surface area contributed by atoms with E-state index in [2.05, 4.69) is 10.6 Å². The Bertz CT molecular complexity index is 675. The Kier molecular flexibility index (Phi) is 6.22. The highest BCUT2D eigenvalue weighted by molar-refractivity contribution is 7.09. The number of hydrogen-bond donors (Lipinski definition) is 2. The Hall–Kier alpha value is -2.28. The highest BCUT2D eigenvalue weighted by Gasteiger charge is 2.12. The predicted octanol–water partition coefficient (Wildman–Crippen LogP) is 2.51. The molecule has 0 atom stereocenters. The maximum absolute atomic E-state index is 13.4. The van der Waals surface area contributed by atoms with E-state index in [1.54, 1.807) is 11.3 Å². The zero-order valence-electron chi connectivity index (χ0n) is 12.3. The monoisotopic (exact) mass is 338 g/mol. The van der Waals surface area contributed by atoms with Gasteiger partial charge >= 0.3 is 0 Å². The van der Waals surface area contributed by atoms with Gasteiger partial charge in [-0.2, -0.15) is 0 Å². The van der Waals surface area contributed by atoms with Crippen LogP contribution in [0.5, 0.6) is 0 Å². The van der Waals surface area contributed by atoms with E-state index < -0.39 is 17.5 Å². The van der Waals surface area contributed by atoms with Gasteiger partial charge in [0.15, 0.2) is 0 Å². The molecule has 1 aromatic heterocycles. The molecule has 2 aromatic rings. The van der Waals surface area contributed by atoms with Crippen LogP contribution in [0.3, 0.4) is 0 Å². The molecule has 0 aliphatic carbocycles. The molecule has 2 rings (SSSR count). The van der Waals surface area contributed by atoms with Gasteiger partial charge in [0.1, 0.15) is 11.6 Å². The van der Waals surface area contributed by atoms with Crippen molar-refractivity contribution in [2.75, 3.05) is 13.1 Å². The van der Waals surface area contributed by atoms with E-state index in [9.17, 15) is 18.4 Å².